The van der Waals surface area contributed by atoms with Crippen LogP contribution in [-0.2, 0) is 21.7 Å². The molecule has 0 saturated heterocycles. The van der Waals surface area contributed by atoms with Gasteiger partial charge >= 0.3 is 0 Å². The summed E-state index contributed by atoms with van der Waals surface area (Å²) >= 11 is 0. The number of aromatic nitrogens is 1. The van der Waals surface area contributed by atoms with E-state index in [0.29, 0.717) is 12.1 Å². The fourth-order valence-corrected chi connectivity index (χ4v) is 5.14. The lowest BCUT2D eigenvalue weighted by Crippen LogP contribution is -2.39. The summed E-state index contributed by atoms with van der Waals surface area (Å²) in [6.45, 7) is 5.61. The summed E-state index contributed by atoms with van der Waals surface area (Å²) < 4.78 is 0. The predicted octanol–water partition coefficient (Wildman–Crippen LogP) is 5.10. The van der Waals surface area contributed by atoms with Crippen LogP contribution in [-0.4, -0.2) is 21.9 Å². The lowest BCUT2D eigenvalue weighted by Gasteiger charge is -2.25. The summed E-state index contributed by atoms with van der Waals surface area (Å²) in [7, 11) is 0. The monoisotopic (exact) mass is 479 g/mol. The molecule has 1 aromatic heterocycles. The third kappa shape index (κ3) is 3.94. The van der Waals surface area contributed by atoms with E-state index in [4.69, 9.17) is 0 Å². The normalized spacial score (nSPS) is 18.4. The molecule has 0 aliphatic carbocycles. The van der Waals surface area contributed by atoms with Crippen LogP contribution in [0.2, 0.25) is 0 Å². The van der Waals surface area contributed by atoms with Crippen molar-refractivity contribution in [1.29, 1.82) is 0 Å². The molecule has 2 unspecified atom stereocenters. The minimum Gasteiger partial charge on any atom is -0.509 e. The number of aromatic amines is 1. The molecule has 1 aliphatic heterocycles. The highest BCUT2D eigenvalue weighted by Gasteiger charge is 2.47. The summed E-state index contributed by atoms with van der Waals surface area (Å²) in [6.07, 6.45) is 0. The molecule has 4 N–H and O–H groups in total. The van der Waals surface area contributed by atoms with Gasteiger partial charge in [-0.05, 0) is 36.6 Å². The molecule has 0 bridgehead atoms. The second-order valence-corrected chi connectivity index (χ2v) is 9.53. The van der Waals surface area contributed by atoms with Crippen LogP contribution in [0.25, 0.3) is 10.9 Å². The number of hydrogen-bond donors (Lipinski definition) is 4. The molecular formula is C30H29N3O3. The van der Waals surface area contributed by atoms with Gasteiger partial charge in [0.05, 0.1) is 11.5 Å². The highest BCUT2D eigenvalue weighted by molar-refractivity contribution is 6.01. The second-order valence-electron chi connectivity index (χ2n) is 9.53. The van der Waals surface area contributed by atoms with Crippen LogP contribution in [0.3, 0.4) is 0 Å². The molecule has 36 heavy (non-hydrogen) atoms. The highest BCUT2D eigenvalue weighted by atomic mass is 16.3. The van der Waals surface area contributed by atoms with E-state index in [0.717, 1.165) is 38.9 Å². The van der Waals surface area contributed by atoms with Gasteiger partial charge in [0, 0.05) is 35.6 Å². The Morgan fingerprint density at radius 1 is 1.03 bits per heavy atom. The van der Waals surface area contributed by atoms with Crippen LogP contribution in [0.1, 0.15) is 47.7 Å². The molecule has 2 heterocycles. The van der Waals surface area contributed by atoms with Crippen LogP contribution in [0.5, 0.6) is 0 Å². The van der Waals surface area contributed by atoms with E-state index in [1.807, 2.05) is 86.6 Å². The van der Waals surface area contributed by atoms with Gasteiger partial charge in [0.2, 0.25) is 5.91 Å². The van der Waals surface area contributed by atoms with Gasteiger partial charge in [0.25, 0.3) is 5.91 Å². The third-order valence-corrected chi connectivity index (χ3v) is 7.01. The molecule has 5 rings (SSSR count). The summed E-state index contributed by atoms with van der Waals surface area (Å²) in [5, 5.41) is 18.6. The lowest BCUT2D eigenvalue weighted by atomic mass is 9.83. The standard InChI is InChI=1S/C30H29N3O3/c1-18-14-15-22-23(17-31-19(2)34)27(32-24(22)16-18)25(20-10-6-4-7-11-20)26-28(35)30(3,33-29(26)36)21-12-8-5-9-13-21/h4-16,25,32,35H,17H2,1-3H3,(H,31,34)(H,33,36). The maximum absolute atomic E-state index is 13.6. The predicted molar refractivity (Wildman–Crippen MR) is 140 cm³/mol. The number of H-pyrrole nitrogens is 1. The first-order chi connectivity index (χ1) is 17.3. The summed E-state index contributed by atoms with van der Waals surface area (Å²) in [4.78, 5) is 29.0. The van der Waals surface area contributed by atoms with Crippen molar-refractivity contribution >= 4 is 22.7 Å². The molecule has 0 spiro atoms. The summed E-state index contributed by atoms with van der Waals surface area (Å²) in [5.74, 6) is -1.05. The summed E-state index contributed by atoms with van der Waals surface area (Å²) in [6, 6.07) is 25.2. The average Bonchev–Trinajstić information content (AvgIpc) is 3.33. The van der Waals surface area contributed by atoms with Gasteiger partial charge in [-0.25, -0.2) is 0 Å². The van der Waals surface area contributed by atoms with E-state index in [9.17, 15) is 14.7 Å². The number of rotatable bonds is 6. The van der Waals surface area contributed by atoms with Crippen molar-refractivity contribution in [1.82, 2.24) is 15.6 Å². The van der Waals surface area contributed by atoms with Crippen molar-refractivity contribution in [3.05, 3.63) is 118 Å². The minimum absolute atomic E-state index is 0.00660. The number of carbonyl (C=O) groups is 2. The zero-order chi connectivity index (χ0) is 25.4. The van der Waals surface area contributed by atoms with Crippen molar-refractivity contribution in [3.63, 3.8) is 0 Å². The first-order valence-electron chi connectivity index (χ1n) is 12.0. The lowest BCUT2D eigenvalue weighted by molar-refractivity contribution is -0.119. The number of aliphatic hydroxyl groups is 1. The first-order valence-corrected chi connectivity index (χ1v) is 12.0. The Balaban J connectivity index is 1.77. The van der Waals surface area contributed by atoms with Crippen molar-refractivity contribution in [2.24, 2.45) is 0 Å². The maximum atomic E-state index is 13.6. The Hall–Kier alpha value is -4.32. The second kappa shape index (κ2) is 9.04. The minimum atomic E-state index is -1.05. The Kier molecular flexibility index (Phi) is 5.88. The molecule has 4 aromatic rings. The maximum Gasteiger partial charge on any atom is 0.252 e. The van der Waals surface area contributed by atoms with Crippen molar-refractivity contribution < 1.29 is 14.7 Å². The van der Waals surface area contributed by atoms with Crippen LogP contribution in [0, 0.1) is 6.92 Å². The summed E-state index contributed by atoms with van der Waals surface area (Å²) in [5.41, 5.74) is 4.55. The topological polar surface area (TPSA) is 94.2 Å². The number of carbonyl (C=O) groups excluding carboxylic acids is 2. The fraction of sp³-hybridized carbons (Fsp3) is 0.200. The molecular weight excluding hydrogens is 450 g/mol. The number of aliphatic hydroxyl groups excluding tert-OH is 1. The molecule has 3 aromatic carbocycles. The zero-order valence-electron chi connectivity index (χ0n) is 20.6. The van der Waals surface area contributed by atoms with Gasteiger partial charge in [0.15, 0.2) is 0 Å². The molecule has 182 valence electrons. The Morgan fingerprint density at radius 2 is 1.69 bits per heavy atom. The van der Waals surface area contributed by atoms with Crippen molar-refractivity contribution in [2.45, 2.75) is 38.8 Å². The number of amides is 2. The van der Waals surface area contributed by atoms with E-state index in [1.54, 1.807) is 0 Å². The number of benzene rings is 3. The smallest absolute Gasteiger partial charge is 0.252 e. The van der Waals surface area contributed by atoms with E-state index in [2.05, 4.69) is 21.7 Å². The van der Waals surface area contributed by atoms with Crippen LogP contribution >= 0.6 is 0 Å². The molecule has 0 fully saturated rings. The molecule has 2 atom stereocenters. The van der Waals surface area contributed by atoms with Crippen LogP contribution in [0.15, 0.2) is 90.2 Å². The van der Waals surface area contributed by atoms with Gasteiger partial charge in [-0.15, -0.1) is 0 Å². The first kappa shape index (κ1) is 23.4. The largest absolute Gasteiger partial charge is 0.509 e. The average molecular weight is 480 g/mol. The molecule has 6 heteroatoms. The van der Waals surface area contributed by atoms with Gasteiger partial charge in [0.1, 0.15) is 11.3 Å². The SMILES string of the molecule is CC(=O)NCc1c(C(C2=C(O)C(C)(c3ccccc3)NC2=O)c2ccccc2)[nH]c2cc(C)ccc12. The Labute approximate surface area is 210 Å². The number of hydrogen-bond acceptors (Lipinski definition) is 3. The van der Waals surface area contributed by atoms with Crippen molar-refractivity contribution in [3.8, 4) is 0 Å². The Bertz CT molecular complexity index is 1490. The molecule has 6 nitrogen and oxygen atoms in total. The number of aryl methyl sites for hydroxylation is 1. The van der Waals surface area contributed by atoms with Crippen LogP contribution in [0.4, 0.5) is 0 Å². The highest BCUT2D eigenvalue weighted by Crippen LogP contribution is 2.44. The molecule has 0 radical (unpaired) electrons. The fourth-order valence-electron chi connectivity index (χ4n) is 5.14. The molecule has 0 saturated carbocycles. The van der Waals surface area contributed by atoms with E-state index in [1.165, 1.54) is 6.92 Å². The van der Waals surface area contributed by atoms with Gasteiger partial charge < -0.3 is 20.7 Å². The van der Waals surface area contributed by atoms with Gasteiger partial charge in [-0.2, -0.15) is 0 Å². The molecule has 1 aliphatic rings. The van der Waals surface area contributed by atoms with Crippen molar-refractivity contribution in [2.75, 3.05) is 0 Å². The van der Waals surface area contributed by atoms with Gasteiger partial charge in [-0.3, -0.25) is 9.59 Å². The Morgan fingerprint density at radius 3 is 2.36 bits per heavy atom. The number of nitrogens with one attached hydrogen (secondary N) is 3. The number of fused-ring (bicyclic) bond motifs is 1. The third-order valence-electron chi connectivity index (χ3n) is 7.01. The zero-order valence-corrected chi connectivity index (χ0v) is 20.6. The van der Waals surface area contributed by atoms with E-state index < -0.39 is 11.5 Å². The quantitative estimate of drug-likeness (QED) is 0.310. The van der Waals surface area contributed by atoms with Gasteiger partial charge in [-0.1, -0.05) is 72.8 Å². The van der Waals surface area contributed by atoms with Crippen LogP contribution < -0.4 is 10.6 Å². The molecule has 2 amide bonds. The van der Waals surface area contributed by atoms with E-state index in [-0.39, 0.29) is 17.6 Å². The van der Waals surface area contributed by atoms with E-state index >= 15 is 0 Å².